The van der Waals surface area contributed by atoms with E-state index in [2.05, 4.69) is 25.7 Å². The van der Waals surface area contributed by atoms with Gasteiger partial charge in [0.1, 0.15) is 0 Å². The summed E-state index contributed by atoms with van der Waals surface area (Å²) in [6.07, 6.45) is 9.55. The van der Waals surface area contributed by atoms with E-state index >= 15 is 0 Å². The lowest BCUT2D eigenvalue weighted by molar-refractivity contribution is 0.0878. The highest BCUT2D eigenvalue weighted by Crippen LogP contribution is 2.15. The van der Waals surface area contributed by atoms with Gasteiger partial charge in [0.05, 0.1) is 6.61 Å². The van der Waals surface area contributed by atoms with Crippen molar-refractivity contribution in [3.05, 3.63) is 0 Å². The Morgan fingerprint density at radius 2 is 1.63 bits per heavy atom. The number of ether oxygens (including phenoxy) is 1. The van der Waals surface area contributed by atoms with E-state index in [9.17, 15) is 0 Å². The maximum Gasteiger partial charge on any atom is 0.0593 e. The van der Waals surface area contributed by atoms with Crippen LogP contribution < -0.4 is 0 Å². The molecular weight excluding hydrogens is 234 g/mol. The van der Waals surface area contributed by atoms with Gasteiger partial charge in [0.15, 0.2) is 0 Å². The molecule has 0 amide bonds. The molecule has 0 aromatic carbocycles. The van der Waals surface area contributed by atoms with Crippen molar-refractivity contribution in [3.63, 3.8) is 0 Å². The van der Waals surface area contributed by atoms with Crippen molar-refractivity contribution in [2.24, 2.45) is 11.8 Å². The van der Waals surface area contributed by atoms with Gasteiger partial charge in [-0.25, -0.2) is 0 Å². The van der Waals surface area contributed by atoms with Crippen LogP contribution in [0.1, 0.15) is 65.7 Å². The van der Waals surface area contributed by atoms with Gasteiger partial charge in [0.2, 0.25) is 0 Å². The number of piperidine rings is 1. The molecule has 19 heavy (non-hydrogen) atoms. The van der Waals surface area contributed by atoms with E-state index in [1.807, 2.05) is 0 Å². The minimum atomic E-state index is 0.828. The van der Waals surface area contributed by atoms with Crippen LogP contribution in [0.2, 0.25) is 0 Å². The van der Waals surface area contributed by atoms with Crippen molar-refractivity contribution >= 4 is 0 Å². The van der Waals surface area contributed by atoms with Gasteiger partial charge in [-0.05, 0) is 44.2 Å². The number of nitrogens with zero attached hydrogens (tertiary/aromatic N) is 1. The lowest BCUT2D eigenvalue weighted by Gasteiger charge is -2.26. The highest BCUT2D eigenvalue weighted by atomic mass is 16.5. The van der Waals surface area contributed by atoms with Gasteiger partial charge in [-0.15, -0.1) is 0 Å². The van der Waals surface area contributed by atoms with Gasteiger partial charge >= 0.3 is 0 Å². The van der Waals surface area contributed by atoms with Crippen LogP contribution in [-0.4, -0.2) is 37.7 Å². The van der Waals surface area contributed by atoms with Crippen LogP contribution in [0.25, 0.3) is 0 Å². The second kappa shape index (κ2) is 10.7. The molecule has 0 saturated carbocycles. The summed E-state index contributed by atoms with van der Waals surface area (Å²) >= 11 is 0. The maximum absolute atomic E-state index is 5.79. The molecule has 1 atom stereocenters. The smallest absolute Gasteiger partial charge is 0.0593 e. The first-order valence-electron chi connectivity index (χ1n) is 8.48. The Bertz CT molecular complexity index is 199. The molecule has 1 aliphatic heterocycles. The fourth-order valence-corrected chi connectivity index (χ4v) is 2.78. The van der Waals surface area contributed by atoms with Gasteiger partial charge < -0.3 is 9.64 Å². The maximum atomic E-state index is 5.79. The van der Waals surface area contributed by atoms with Crippen LogP contribution in [0.4, 0.5) is 0 Å². The van der Waals surface area contributed by atoms with Crippen molar-refractivity contribution < 1.29 is 4.74 Å². The second-order valence-corrected chi connectivity index (χ2v) is 6.73. The van der Waals surface area contributed by atoms with Crippen molar-refractivity contribution in [1.29, 1.82) is 0 Å². The molecule has 0 bridgehead atoms. The zero-order valence-electron chi connectivity index (χ0n) is 13.5. The Morgan fingerprint density at radius 1 is 0.895 bits per heavy atom. The van der Waals surface area contributed by atoms with Crippen molar-refractivity contribution in [2.75, 3.05) is 32.8 Å². The molecular formula is C17H35NO. The van der Waals surface area contributed by atoms with Crippen molar-refractivity contribution in [2.45, 2.75) is 65.7 Å². The summed E-state index contributed by atoms with van der Waals surface area (Å²) in [4.78, 5) is 2.55. The van der Waals surface area contributed by atoms with Crippen LogP contribution in [0.5, 0.6) is 0 Å². The first-order valence-corrected chi connectivity index (χ1v) is 8.48. The Labute approximate surface area is 120 Å². The van der Waals surface area contributed by atoms with E-state index in [-0.39, 0.29) is 0 Å². The van der Waals surface area contributed by atoms with Gasteiger partial charge in [-0.3, -0.25) is 0 Å². The summed E-state index contributed by atoms with van der Waals surface area (Å²) in [5.74, 6) is 1.68. The molecule has 0 spiro atoms. The third kappa shape index (κ3) is 9.45. The van der Waals surface area contributed by atoms with Crippen LogP contribution in [0, 0.1) is 11.8 Å². The van der Waals surface area contributed by atoms with Crippen LogP contribution in [0.15, 0.2) is 0 Å². The Morgan fingerprint density at radius 3 is 2.32 bits per heavy atom. The van der Waals surface area contributed by atoms with E-state index in [0.29, 0.717) is 0 Å². The number of rotatable bonds is 10. The quantitative estimate of drug-likeness (QED) is 0.547. The van der Waals surface area contributed by atoms with Crippen LogP contribution >= 0.6 is 0 Å². The first kappa shape index (κ1) is 17.0. The van der Waals surface area contributed by atoms with E-state index < -0.39 is 0 Å². The van der Waals surface area contributed by atoms with Crippen molar-refractivity contribution in [1.82, 2.24) is 4.90 Å². The monoisotopic (exact) mass is 269 g/mol. The highest BCUT2D eigenvalue weighted by Gasteiger charge is 2.09. The topological polar surface area (TPSA) is 12.5 Å². The summed E-state index contributed by atoms with van der Waals surface area (Å²) in [7, 11) is 0. The Hall–Kier alpha value is -0.0800. The van der Waals surface area contributed by atoms with Crippen LogP contribution in [-0.2, 0) is 4.74 Å². The number of hydrogen-bond donors (Lipinski definition) is 0. The average Bonchev–Trinajstić information content (AvgIpc) is 2.39. The molecule has 1 unspecified atom stereocenters. The zero-order valence-corrected chi connectivity index (χ0v) is 13.5. The molecule has 2 heteroatoms. The molecule has 0 radical (unpaired) electrons. The zero-order chi connectivity index (χ0) is 13.9. The predicted molar refractivity (Wildman–Crippen MR) is 83.6 cm³/mol. The largest absolute Gasteiger partial charge is 0.380 e. The molecule has 1 rings (SSSR count). The number of likely N-dealkylation sites (tertiary alicyclic amines) is 1. The van der Waals surface area contributed by atoms with E-state index in [4.69, 9.17) is 4.74 Å². The average molecular weight is 269 g/mol. The summed E-state index contributed by atoms with van der Waals surface area (Å²) < 4.78 is 5.79. The summed E-state index contributed by atoms with van der Waals surface area (Å²) in [6, 6.07) is 0. The highest BCUT2D eigenvalue weighted by molar-refractivity contribution is 4.63. The Balaban J connectivity index is 1.86. The molecule has 0 aromatic heterocycles. The minimum Gasteiger partial charge on any atom is -0.380 e. The van der Waals surface area contributed by atoms with E-state index in [0.717, 1.165) is 31.6 Å². The van der Waals surface area contributed by atoms with Gasteiger partial charge in [-0.2, -0.15) is 0 Å². The SMILES string of the molecule is CC(C)CCCC(C)CCOCCN1CCCCC1. The third-order valence-electron chi connectivity index (χ3n) is 4.23. The van der Waals surface area contributed by atoms with E-state index in [1.54, 1.807) is 0 Å². The summed E-state index contributed by atoms with van der Waals surface area (Å²) in [5.41, 5.74) is 0. The molecule has 1 fully saturated rings. The van der Waals surface area contributed by atoms with Crippen molar-refractivity contribution in [3.8, 4) is 0 Å². The minimum absolute atomic E-state index is 0.828. The van der Waals surface area contributed by atoms with Gasteiger partial charge in [0.25, 0.3) is 0 Å². The Kier molecular flexibility index (Phi) is 9.54. The van der Waals surface area contributed by atoms with Crippen LogP contribution in [0.3, 0.4) is 0 Å². The normalized spacial score (nSPS) is 18.9. The van der Waals surface area contributed by atoms with Gasteiger partial charge in [0, 0.05) is 13.2 Å². The van der Waals surface area contributed by atoms with E-state index in [1.165, 1.54) is 58.0 Å². The molecule has 1 saturated heterocycles. The first-order chi connectivity index (χ1) is 9.18. The molecule has 0 N–H and O–H groups in total. The standard InChI is InChI=1S/C17H35NO/c1-16(2)8-7-9-17(3)10-14-19-15-13-18-11-5-4-6-12-18/h16-17H,4-15H2,1-3H3. The molecule has 0 aliphatic carbocycles. The molecule has 0 aromatic rings. The third-order valence-corrected chi connectivity index (χ3v) is 4.23. The fraction of sp³-hybridized carbons (Fsp3) is 1.00. The number of hydrogen-bond acceptors (Lipinski definition) is 2. The predicted octanol–water partition coefficient (Wildman–Crippen LogP) is 4.34. The second-order valence-electron chi connectivity index (χ2n) is 6.73. The molecule has 1 aliphatic rings. The molecule has 1 heterocycles. The lowest BCUT2D eigenvalue weighted by atomic mass is 9.98. The van der Waals surface area contributed by atoms with Gasteiger partial charge in [-0.1, -0.05) is 46.5 Å². The molecule has 2 nitrogen and oxygen atoms in total. The molecule has 114 valence electrons. The summed E-state index contributed by atoms with van der Waals surface area (Å²) in [5, 5.41) is 0. The summed E-state index contributed by atoms with van der Waals surface area (Å²) in [6.45, 7) is 12.6. The lowest BCUT2D eigenvalue weighted by Crippen LogP contribution is -2.32. The fourth-order valence-electron chi connectivity index (χ4n) is 2.78.